The highest BCUT2D eigenvalue weighted by atomic mass is 16.5. The lowest BCUT2D eigenvalue weighted by Gasteiger charge is -2.08. The molecule has 2 aromatic carbocycles. The summed E-state index contributed by atoms with van der Waals surface area (Å²) in [6, 6.07) is 16.5. The number of ether oxygens (including phenoxy) is 1. The van der Waals surface area contributed by atoms with Gasteiger partial charge in [0.25, 0.3) is 5.91 Å². The Morgan fingerprint density at radius 2 is 1.80 bits per heavy atom. The predicted molar refractivity (Wildman–Crippen MR) is 114 cm³/mol. The number of carbonyl (C=O) groups excluding carboxylic acids is 3. The first-order valence-corrected chi connectivity index (χ1v) is 9.73. The van der Waals surface area contributed by atoms with E-state index < -0.39 is 11.8 Å². The SMILES string of the molecule is CCCCNC(=O)C(=O)N/N=C\c1cccc(OCC(=O)NCc2ccccc2)c1. The van der Waals surface area contributed by atoms with Gasteiger partial charge < -0.3 is 15.4 Å². The van der Waals surface area contributed by atoms with Crippen LogP contribution in [0.2, 0.25) is 0 Å². The standard InChI is InChI=1S/C22H26N4O4/c1-2-3-12-23-21(28)22(29)26-25-15-18-10-7-11-19(13-18)30-16-20(27)24-14-17-8-5-4-6-9-17/h4-11,13,15H,2-3,12,14,16H2,1H3,(H,23,28)(H,24,27)(H,26,29)/b25-15-. The van der Waals surface area contributed by atoms with Gasteiger partial charge in [0.2, 0.25) is 0 Å². The van der Waals surface area contributed by atoms with E-state index in [9.17, 15) is 14.4 Å². The van der Waals surface area contributed by atoms with E-state index in [4.69, 9.17) is 4.74 Å². The van der Waals surface area contributed by atoms with Crippen LogP contribution < -0.4 is 20.8 Å². The Morgan fingerprint density at radius 1 is 1.00 bits per heavy atom. The Bertz CT molecular complexity index is 868. The zero-order valence-corrected chi connectivity index (χ0v) is 16.9. The maximum atomic E-state index is 11.9. The molecule has 0 aliphatic carbocycles. The highest BCUT2D eigenvalue weighted by molar-refractivity contribution is 6.35. The molecule has 0 aromatic heterocycles. The molecular weight excluding hydrogens is 384 g/mol. The van der Waals surface area contributed by atoms with E-state index in [0.717, 1.165) is 18.4 Å². The maximum Gasteiger partial charge on any atom is 0.329 e. The second kappa shape index (κ2) is 12.7. The molecule has 0 aliphatic rings. The van der Waals surface area contributed by atoms with Crippen LogP contribution in [0.25, 0.3) is 0 Å². The Kier molecular flexibility index (Phi) is 9.58. The fourth-order valence-electron chi connectivity index (χ4n) is 2.36. The van der Waals surface area contributed by atoms with Crippen molar-refractivity contribution in [2.75, 3.05) is 13.2 Å². The smallest absolute Gasteiger partial charge is 0.329 e. The second-order valence-corrected chi connectivity index (χ2v) is 6.43. The third-order valence-corrected chi connectivity index (χ3v) is 3.96. The fraction of sp³-hybridized carbons (Fsp3) is 0.273. The molecule has 0 saturated carbocycles. The van der Waals surface area contributed by atoms with Crippen LogP contribution in [0.15, 0.2) is 59.7 Å². The largest absolute Gasteiger partial charge is 0.484 e. The first kappa shape index (κ1) is 22.6. The molecule has 8 heteroatoms. The average Bonchev–Trinajstić information content (AvgIpc) is 2.77. The summed E-state index contributed by atoms with van der Waals surface area (Å²) in [5, 5.41) is 9.06. The monoisotopic (exact) mass is 410 g/mol. The van der Waals surface area contributed by atoms with Crippen molar-refractivity contribution in [2.45, 2.75) is 26.3 Å². The van der Waals surface area contributed by atoms with Gasteiger partial charge in [-0.1, -0.05) is 55.8 Å². The number of carbonyl (C=O) groups is 3. The van der Waals surface area contributed by atoms with Crippen molar-refractivity contribution >= 4 is 23.9 Å². The van der Waals surface area contributed by atoms with Gasteiger partial charge in [-0.2, -0.15) is 5.10 Å². The number of hydrogen-bond donors (Lipinski definition) is 3. The molecule has 0 atom stereocenters. The quantitative estimate of drug-likeness (QED) is 0.240. The molecule has 3 N–H and O–H groups in total. The summed E-state index contributed by atoms with van der Waals surface area (Å²) in [5.41, 5.74) is 3.82. The molecule has 30 heavy (non-hydrogen) atoms. The van der Waals surface area contributed by atoms with Crippen molar-refractivity contribution in [1.29, 1.82) is 0 Å². The average molecular weight is 410 g/mol. The molecule has 0 heterocycles. The summed E-state index contributed by atoms with van der Waals surface area (Å²) in [4.78, 5) is 35.1. The lowest BCUT2D eigenvalue weighted by Crippen LogP contribution is -2.38. The molecule has 3 amide bonds. The van der Waals surface area contributed by atoms with E-state index in [0.29, 0.717) is 24.4 Å². The molecule has 0 fully saturated rings. The molecule has 0 radical (unpaired) electrons. The number of hydrazone groups is 1. The van der Waals surface area contributed by atoms with Gasteiger partial charge in [0.05, 0.1) is 6.21 Å². The van der Waals surface area contributed by atoms with Crippen molar-refractivity contribution in [1.82, 2.24) is 16.1 Å². The van der Waals surface area contributed by atoms with E-state index in [-0.39, 0.29) is 12.5 Å². The van der Waals surface area contributed by atoms with Crippen molar-refractivity contribution in [3.8, 4) is 5.75 Å². The Labute approximate surface area is 175 Å². The van der Waals surface area contributed by atoms with Gasteiger partial charge in [0.1, 0.15) is 5.75 Å². The summed E-state index contributed by atoms with van der Waals surface area (Å²) in [6.07, 6.45) is 3.12. The lowest BCUT2D eigenvalue weighted by molar-refractivity contribution is -0.139. The molecule has 8 nitrogen and oxygen atoms in total. The van der Waals surface area contributed by atoms with Gasteiger partial charge in [0.15, 0.2) is 6.61 Å². The van der Waals surface area contributed by atoms with Gasteiger partial charge in [0, 0.05) is 13.1 Å². The molecule has 2 rings (SSSR count). The van der Waals surface area contributed by atoms with Crippen molar-refractivity contribution < 1.29 is 19.1 Å². The minimum atomic E-state index is -0.829. The summed E-state index contributed by atoms with van der Waals surface area (Å²) in [5.74, 6) is -1.30. The Hall–Kier alpha value is -3.68. The molecular formula is C22H26N4O4. The summed E-state index contributed by atoms with van der Waals surface area (Å²) < 4.78 is 5.49. The zero-order valence-electron chi connectivity index (χ0n) is 16.9. The number of nitrogens with one attached hydrogen (secondary N) is 3. The maximum absolute atomic E-state index is 11.9. The van der Waals surface area contributed by atoms with Crippen molar-refractivity contribution in [3.63, 3.8) is 0 Å². The zero-order chi connectivity index (χ0) is 21.6. The molecule has 0 spiro atoms. The van der Waals surface area contributed by atoms with Gasteiger partial charge in [-0.05, 0) is 29.7 Å². The predicted octanol–water partition coefficient (Wildman–Crippen LogP) is 1.75. The topological polar surface area (TPSA) is 109 Å². The van der Waals surface area contributed by atoms with Gasteiger partial charge >= 0.3 is 11.8 Å². The number of unbranched alkanes of at least 4 members (excludes halogenated alkanes) is 1. The van der Waals surface area contributed by atoms with Crippen LogP contribution in [-0.4, -0.2) is 37.1 Å². The van der Waals surface area contributed by atoms with Crippen LogP contribution in [0.5, 0.6) is 5.75 Å². The third-order valence-electron chi connectivity index (χ3n) is 3.96. The van der Waals surface area contributed by atoms with E-state index >= 15 is 0 Å². The van der Waals surface area contributed by atoms with Crippen LogP contribution in [0.3, 0.4) is 0 Å². The van der Waals surface area contributed by atoms with Crippen LogP contribution >= 0.6 is 0 Å². The first-order valence-electron chi connectivity index (χ1n) is 9.73. The minimum absolute atomic E-state index is 0.123. The Balaban J connectivity index is 1.75. The summed E-state index contributed by atoms with van der Waals surface area (Å²) in [6.45, 7) is 2.75. The number of amides is 3. The summed E-state index contributed by atoms with van der Waals surface area (Å²) in [7, 11) is 0. The van der Waals surface area contributed by atoms with Gasteiger partial charge in [-0.15, -0.1) is 0 Å². The molecule has 0 saturated heterocycles. The molecule has 0 unspecified atom stereocenters. The molecule has 0 aliphatic heterocycles. The highest BCUT2D eigenvalue weighted by Crippen LogP contribution is 2.11. The fourth-order valence-corrected chi connectivity index (χ4v) is 2.36. The second-order valence-electron chi connectivity index (χ2n) is 6.43. The van der Waals surface area contributed by atoms with E-state index in [1.54, 1.807) is 24.3 Å². The van der Waals surface area contributed by atoms with Crippen LogP contribution in [0, 0.1) is 0 Å². The van der Waals surface area contributed by atoms with Crippen LogP contribution in [0.1, 0.15) is 30.9 Å². The lowest BCUT2D eigenvalue weighted by atomic mass is 10.2. The van der Waals surface area contributed by atoms with Crippen molar-refractivity contribution in [3.05, 3.63) is 65.7 Å². The molecule has 2 aromatic rings. The van der Waals surface area contributed by atoms with E-state index in [2.05, 4.69) is 21.2 Å². The molecule has 158 valence electrons. The first-order chi connectivity index (χ1) is 14.6. The number of hydrogen-bond acceptors (Lipinski definition) is 5. The number of rotatable bonds is 10. The van der Waals surface area contributed by atoms with E-state index in [1.807, 2.05) is 37.3 Å². The van der Waals surface area contributed by atoms with E-state index in [1.165, 1.54) is 6.21 Å². The molecule has 0 bridgehead atoms. The van der Waals surface area contributed by atoms with Gasteiger partial charge in [-0.25, -0.2) is 5.43 Å². The van der Waals surface area contributed by atoms with Crippen LogP contribution in [0.4, 0.5) is 0 Å². The van der Waals surface area contributed by atoms with Crippen LogP contribution in [-0.2, 0) is 20.9 Å². The summed E-state index contributed by atoms with van der Waals surface area (Å²) >= 11 is 0. The Morgan fingerprint density at radius 3 is 2.57 bits per heavy atom. The number of benzene rings is 2. The minimum Gasteiger partial charge on any atom is -0.484 e. The van der Waals surface area contributed by atoms with Crippen molar-refractivity contribution in [2.24, 2.45) is 5.10 Å². The number of nitrogens with zero attached hydrogens (tertiary/aromatic N) is 1. The highest BCUT2D eigenvalue weighted by Gasteiger charge is 2.11. The normalized spacial score (nSPS) is 10.4. The third kappa shape index (κ3) is 8.55. The van der Waals surface area contributed by atoms with Gasteiger partial charge in [-0.3, -0.25) is 14.4 Å².